The van der Waals surface area contributed by atoms with E-state index in [1.807, 2.05) is 34.9 Å². The maximum absolute atomic E-state index is 11.6. The number of benzene rings is 2. The Morgan fingerprint density at radius 2 is 1.83 bits per heavy atom. The molecule has 212 valence electrons. The van der Waals surface area contributed by atoms with Crippen LogP contribution in [-0.4, -0.2) is 62.9 Å². The summed E-state index contributed by atoms with van der Waals surface area (Å²) in [6.45, 7) is 4.35. The summed E-state index contributed by atoms with van der Waals surface area (Å²) in [6.07, 6.45) is 2.92. The van der Waals surface area contributed by atoms with Crippen LogP contribution in [0.3, 0.4) is 0 Å². The number of aromatic carboxylic acids is 1. The molecule has 2 aromatic heterocycles. The van der Waals surface area contributed by atoms with Crippen molar-refractivity contribution in [2.75, 3.05) is 26.3 Å². The fourth-order valence-electron chi connectivity index (χ4n) is 6.00. The summed E-state index contributed by atoms with van der Waals surface area (Å²) in [5, 5.41) is 10.2. The van der Waals surface area contributed by atoms with Gasteiger partial charge in [-0.15, -0.1) is 0 Å². The number of para-hydroxylation sites is 1. The predicted molar refractivity (Wildman–Crippen MR) is 153 cm³/mol. The molecule has 5 heterocycles. The lowest BCUT2D eigenvalue weighted by Crippen LogP contribution is -2.35. The second-order valence-corrected chi connectivity index (χ2v) is 11.4. The number of aromatic nitrogens is 3. The Labute approximate surface area is 242 Å². The van der Waals surface area contributed by atoms with Crippen molar-refractivity contribution < 1.29 is 24.1 Å². The minimum Gasteiger partial charge on any atom is -0.485 e. The number of nitrogens with zero attached hydrogens (tertiary/aromatic N) is 4. The quantitative estimate of drug-likeness (QED) is 0.310. The number of likely N-dealkylation sites (tertiary alicyclic amines) is 1. The Kier molecular flexibility index (Phi) is 7.02. The number of pyridine rings is 1. The summed E-state index contributed by atoms with van der Waals surface area (Å²) in [6, 6.07) is 17.2. The van der Waals surface area contributed by atoms with E-state index in [2.05, 4.69) is 22.0 Å². The van der Waals surface area contributed by atoms with E-state index in [-0.39, 0.29) is 17.9 Å². The number of piperidine rings is 1. The maximum atomic E-state index is 11.6. The zero-order valence-electron chi connectivity index (χ0n) is 22.5. The van der Waals surface area contributed by atoms with E-state index in [1.54, 1.807) is 6.07 Å². The third-order valence-corrected chi connectivity index (χ3v) is 8.61. The molecule has 41 heavy (non-hydrogen) atoms. The third-order valence-electron chi connectivity index (χ3n) is 8.36. The van der Waals surface area contributed by atoms with Gasteiger partial charge in [0.25, 0.3) is 0 Å². The summed E-state index contributed by atoms with van der Waals surface area (Å²) in [4.78, 5) is 23.2. The Morgan fingerprint density at radius 1 is 1.02 bits per heavy atom. The van der Waals surface area contributed by atoms with Crippen LogP contribution in [0.25, 0.3) is 11.2 Å². The second-order valence-electron chi connectivity index (χ2n) is 11.0. The number of hydrogen-bond donors (Lipinski definition) is 1. The largest absolute Gasteiger partial charge is 0.485 e. The molecule has 2 fully saturated rings. The van der Waals surface area contributed by atoms with Gasteiger partial charge in [0, 0.05) is 17.2 Å². The van der Waals surface area contributed by atoms with Crippen molar-refractivity contribution in [2.24, 2.45) is 0 Å². The van der Waals surface area contributed by atoms with E-state index in [4.69, 9.17) is 30.8 Å². The zero-order valence-corrected chi connectivity index (χ0v) is 23.3. The number of rotatable bonds is 7. The van der Waals surface area contributed by atoms with Crippen LogP contribution < -0.4 is 9.47 Å². The van der Waals surface area contributed by atoms with Crippen molar-refractivity contribution in [3.63, 3.8) is 0 Å². The highest BCUT2D eigenvalue weighted by Crippen LogP contribution is 2.44. The molecule has 1 unspecified atom stereocenters. The third kappa shape index (κ3) is 5.25. The van der Waals surface area contributed by atoms with Crippen LogP contribution in [0.2, 0.25) is 5.02 Å². The minimum absolute atomic E-state index is 0.0254. The highest BCUT2D eigenvalue weighted by atomic mass is 35.5. The van der Waals surface area contributed by atoms with E-state index in [9.17, 15) is 9.90 Å². The van der Waals surface area contributed by atoms with Crippen LogP contribution in [-0.2, 0) is 17.8 Å². The molecule has 2 aromatic carbocycles. The first-order valence-electron chi connectivity index (χ1n) is 14.1. The number of carbonyl (C=O) groups is 1. The van der Waals surface area contributed by atoms with E-state index < -0.39 is 5.97 Å². The SMILES string of the molecule is O=C(O)c1ccc2nc(CN3CCC(c4cccc5c4OCC(c4ccc(Cl)cc4)O5)CC3)n(C[C@@H]3CCO3)c2n1. The van der Waals surface area contributed by atoms with Crippen LogP contribution in [0.1, 0.15) is 58.7 Å². The molecule has 3 aliphatic rings. The summed E-state index contributed by atoms with van der Waals surface area (Å²) < 4.78 is 20.4. The Bertz CT molecular complexity index is 1580. The number of carboxylic acids is 1. The molecule has 10 heteroatoms. The van der Waals surface area contributed by atoms with Crippen LogP contribution >= 0.6 is 11.6 Å². The van der Waals surface area contributed by atoms with Crippen molar-refractivity contribution >= 4 is 28.7 Å². The predicted octanol–water partition coefficient (Wildman–Crippen LogP) is 5.46. The monoisotopic (exact) mass is 574 g/mol. The van der Waals surface area contributed by atoms with Gasteiger partial charge in [-0.05, 0) is 74.2 Å². The van der Waals surface area contributed by atoms with Crippen molar-refractivity contribution in [3.8, 4) is 11.5 Å². The highest BCUT2D eigenvalue weighted by molar-refractivity contribution is 6.30. The van der Waals surface area contributed by atoms with Gasteiger partial charge in [0.1, 0.15) is 17.9 Å². The number of ether oxygens (including phenoxy) is 3. The molecular weight excluding hydrogens is 544 g/mol. The summed E-state index contributed by atoms with van der Waals surface area (Å²) in [7, 11) is 0. The number of halogens is 1. The number of imidazole rings is 1. The van der Waals surface area contributed by atoms with Gasteiger partial charge in [-0.25, -0.2) is 14.8 Å². The van der Waals surface area contributed by atoms with Gasteiger partial charge in [0.05, 0.1) is 19.2 Å². The first-order valence-corrected chi connectivity index (χ1v) is 14.5. The van der Waals surface area contributed by atoms with Crippen LogP contribution in [0.5, 0.6) is 11.5 Å². The Morgan fingerprint density at radius 3 is 2.56 bits per heavy atom. The summed E-state index contributed by atoms with van der Waals surface area (Å²) in [5.41, 5.74) is 3.59. The van der Waals surface area contributed by atoms with Gasteiger partial charge in [-0.2, -0.15) is 0 Å². The highest BCUT2D eigenvalue weighted by Gasteiger charge is 2.30. The van der Waals surface area contributed by atoms with E-state index in [0.29, 0.717) is 41.8 Å². The van der Waals surface area contributed by atoms with Crippen LogP contribution in [0.4, 0.5) is 0 Å². The smallest absolute Gasteiger partial charge is 0.354 e. The number of carboxylic acid groups (broad SMARTS) is 1. The molecule has 2 saturated heterocycles. The molecule has 7 rings (SSSR count). The van der Waals surface area contributed by atoms with Crippen LogP contribution in [0, 0.1) is 0 Å². The summed E-state index contributed by atoms with van der Waals surface area (Å²) >= 11 is 6.06. The van der Waals surface area contributed by atoms with Gasteiger partial charge in [0.15, 0.2) is 28.9 Å². The Balaban J connectivity index is 1.05. The first-order chi connectivity index (χ1) is 20.0. The summed E-state index contributed by atoms with van der Waals surface area (Å²) in [5.74, 6) is 1.88. The molecule has 9 nitrogen and oxygen atoms in total. The van der Waals surface area contributed by atoms with Gasteiger partial charge >= 0.3 is 5.97 Å². The van der Waals surface area contributed by atoms with E-state index >= 15 is 0 Å². The van der Waals surface area contributed by atoms with Crippen molar-refractivity contribution in [3.05, 3.63) is 82.3 Å². The molecule has 0 bridgehead atoms. The number of fused-ring (bicyclic) bond motifs is 2. The fourth-order valence-corrected chi connectivity index (χ4v) is 6.13. The molecule has 1 N–H and O–H groups in total. The van der Waals surface area contributed by atoms with Crippen LogP contribution in [0.15, 0.2) is 54.6 Å². The molecular formula is C31H31ClN4O5. The molecule has 0 saturated carbocycles. The molecule has 0 amide bonds. The average Bonchev–Trinajstić information content (AvgIpc) is 3.31. The van der Waals surface area contributed by atoms with Gasteiger partial charge < -0.3 is 23.9 Å². The van der Waals surface area contributed by atoms with Gasteiger partial charge in [0.2, 0.25) is 0 Å². The van der Waals surface area contributed by atoms with Gasteiger partial charge in [-0.1, -0.05) is 35.9 Å². The standard InChI is InChI=1S/C31H31ClN4O5/c32-21-6-4-20(5-7-21)27-18-40-29-23(2-1-3-26(29)41-27)19-10-13-35(14-11-19)17-28-33-24-8-9-25(31(37)38)34-30(24)36(28)16-22-12-15-39-22/h1-9,19,22,27H,10-18H2,(H,37,38)/t22-,27?/m0/s1. The zero-order chi connectivity index (χ0) is 27.9. The molecule has 0 aliphatic carbocycles. The molecule has 0 spiro atoms. The lowest BCUT2D eigenvalue weighted by atomic mass is 9.88. The molecule has 4 aromatic rings. The maximum Gasteiger partial charge on any atom is 0.354 e. The molecule has 3 aliphatic heterocycles. The minimum atomic E-state index is -1.04. The first kappa shape index (κ1) is 26.3. The normalized spacial score (nSPS) is 21.1. The van der Waals surface area contributed by atoms with Crippen molar-refractivity contribution in [2.45, 2.75) is 50.5 Å². The average molecular weight is 575 g/mol. The Hall–Kier alpha value is -3.66. The van der Waals surface area contributed by atoms with Gasteiger partial charge in [-0.3, -0.25) is 4.90 Å². The second kappa shape index (κ2) is 11.0. The molecule has 2 atom stereocenters. The van der Waals surface area contributed by atoms with Crippen molar-refractivity contribution in [1.29, 1.82) is 0 Å². The van der Waals surface area contributed by atoms with E-state index in [1.165, 1.54) is 11.6 Å². The fraction of sp³-hybridized carbons (Fsp3) is 0.387. The van der Waals surface area contributed by atoms with Crippen molar-refractivity contribution in [1.82, 2.24) is 19.4 Å². The topological polar surface area (TPSA) is 98.9 Å². The molecule has 0 radical (unpaired) electrons. The van der Waals surface area contributed by atoms with E-state index in [0.717, 1.165) is 61.8 Å². The number of hydrogen-bond acceptors (Lipinski definition) is 7. The lowest BCUT2D eigenvalue weighted by Gasteiger charge is -2.35. The lowest BCUT2D eigenvalue weighted by molar-refractivity contribution is -0.0593.